The molecule has 0 aliphatic carbocycles. The molecule has 0 spiro atoms. The number of nitrogens with one attached hydrogen (secondary N) is 1. The lowest BCUT2D eigenvalue weighted by Crippen LogP contribution is -2.16. The summed E-state index contributed by atoms with van der Waals surface area (Å²) in [7, 11) is 0. The molecule has 11 heavy (non-hydrogen) atoms. The lowest BCUT2D eigenvalue weighted by atomic mass is 10.3. The highest BCUT2D eigenvalue weighted by molar-refractivity contribution is 6.18. The maximum absolute atomic E-state index is 5.62. The molecule has 1 aromatic heterocycles. The fraction of sp³-hybridized carbons (Fsp3) is 0.375. The van der Waals surface area contributed by atoms with Crippen LogP contribution in [0, 0.1) is 0 Å². The molecule has 1 aromatic rings. The van der Waals surface area contributed by atoms with Crippen molar-refractivity contribution >= 4 is 17.3 Å². The van der Waals surface area contributed by atoms with Crippen molar-refractivity contribution < 1.29 is 0 Å². The molecule has 1 heterocycles. The number of halogens is 1. The van der Waals surface area contributed by atoms with Gasteiger partial charge in [0.15, 0.2) is 0 Å². The number of nitrogens with zero attached hydrogens (tertiary/aromatic N) is 1. The van der Waals surface area contributed by atoms with Crippen LogP contribution in [-0.4, -0.2) is 16.9 Å². The van der Waals surface area contributed by atoms with Crippen LogP contribution in [0.25, 0.3) is 0 Å². The maximum Gasteiger partial charge on any atom is 0.0423 e. The zero-order chi connectivity index (χ0) is 8.10. The lowest BCUT2D eigenvalue weighted by molar-refractivity contribution is 0.907. The van der Waals surface area contributed by atoms with Crippen LogP contribution < -0.4 is 5.32 Å². The van der Waals surface area contributed by atoms with Crippen molar-refractivity contribution in [3.63, 3.8) is 0 Å². The molecule has 1 N–H and O–H groups in total. The molecule has 0 amide bonds. The highest BCUT2D eigenvalue weighted by atomic mass is 35.5. The van der Waals surface area contributed by atoms with Crippen LogP contribution >= 0.6 is 11.6 Å². The van der Waals surface area contributed by atoms with Crippen LogP contribution in [0.5, 0.6) is 0 Å². The third kappa shape index (κ3) is 2.76. The van der Waals surface area contributed by atoms with Crippen molar-refractivity contribution in [2.24, 2.45) is 0 Å². The zero-order valence-electron chi connectivity index (χ0n) is 6.42. The standard InChI is InChI=1S/C8H11ClN2/c1-7(6-9)11-8-2-4-10-5-3-8/h2-5,7H,6H2,1H3,(H,10,11)/t7-/m0/s1. The van der Waals surface area contributed by atoms with E-state index >= 15 is 0 Å². The van der Waals surface area contributed by atoms with Gasteiger partial charge in [-0.3, -0.25) is 4.98 Å². The van der Waals surface area contributed by atoms with Gasteiger partial charge in [-0.1, -0.05) is 0 Å². The van der Waals surface area contributed by atoms with Gasteiger partial charge in [-0.05, 0) is 19.1 Å². The monoisotopic (exact) mass is 170 g/mol. The Hall–Kier alpha value is -0.760. The summed E-state index contributed by atoms with van der Waals surface area (Å²) < 4.78 is 0. The molecule has 2 nitrogen and oxygen atoms in total. The van der Waals surface area contributed by atoms with Crippen LogP contribution in [0.3, 0.4) is 0 Å². The first kappa shape index (κ1) is 8.34. The predicted octanol–water partition coefficient (Wildman–Crippen LogP) is 2.12. The van der Waals surface area contributed by atoms with E-state index in [1.807, 2.05) is 19.1 Å². The van der Waals surface area contributed by atoms with Gasteiger partial charge in [0.1, 0.15) is 0 Å². The van der Waals surface area contributed by atoms with Crippen LogP contribution in [0.1, 0.15) is 6.92 Å². The predicted molar refractivity (Wildman–Crippen MR) is 48.0 cm³/mol. The van der Waals surface area contributed by atoms with Crippen molar-refractivity contribution in [3.05, 3.63) is 24.5 Å². The smallest absolute Gasteiger partial charge is 0.0423 e. The summed E-state index contributed by atoms with van der Waals surface area (Å²) >= 11 is 5.62. The van der Waals surface area contributed by atoms with Gasteiger partial charge >= 0.3 is 0 Å². The lowest BCUT2D eigenvalue weighted by Gasteiger charge is -2.10. The van der Waals surface area contributed by atoms with E-state index < -0.39 is 0 Å². The van der Waals surface area contributed by atoms with Crippen LogP contribution in [0.2, 0.25) is 0 Å². The summed E-state index contributed by atoms with van der Waals surface area (Å²) in [4.78, 5) is 3.91. The molecule has 0 aromatic carbocycles. The maximum atomic E-state index is 5.62. The first-order chi connectivity index (χ1) is 5.33. The highest BCUT2D eigenvalue weighted by Gasteiger charge is 1.97. The van der Waals surface area contributed by atoms with Gasteiger partial charge < -0.3 is 5.32 Å². The average molecular weight is 171 g/mol. The van der Waals surface area contributed by atoms with Crippen LogP contribution in [0.15, 0.2) is 24.5 Å². The SMILES string of the molecule is C[C@@H](CCl)Nc1ccncc1. The second kappa shape index (κ2) is 4.19. The molecule has 0 aliphatic heterocycles. The molecular formula is C8H11ClN2. The van der Waals surface area contributed by atoms with Crippen molar-refractivity contribution in [1.29, 1.82) is 0 Å². The summed E-state index contributed by atoms with van der Waals surface area (Å²) in [6.07, 6.45) is 3.51. The van der Waals surface area contributed by atoms with E-state index in [4.69, 9.17) is 11.6 Å². The van der Waals surface area contributed by atoms with E-state index in [1.54, 1.807) is 12.4 Å². The number of hydrogen-bond donors (Lipinski definition) is 1. The highest BCUT2D eigenvalue weighted by Crippen LogP contribution is 2.05. The van der Waals surface area contributed by atoms with Gasteiger partial charge in [0.25, 0.3) is 0 Å². The molecule has 0 bridgehead atoms. The second-order valence-electron chi connectivity index (χ2n) is 2.44. The molecule has 0 fully saturated rings. The minimum absolute atomic E-state index is 0.305. The van der Waals surface area contributed by atoms with Gasteiger partial charge in [0.05, 0.1) is 0 Å². The Morgan fingerprint density at radius 3 is 2.73 bits per heavy atom. The Balaban J connectivity index is 2.51. The van der Waals surface area contributed by atoms with E-state index in [0.29, 0.717) is 11.9 Å². The van der Waals surface area contributed by atoms with Gasteiger partial charge in [0, 0.05) is 30.0 Å². The van der Waals surface area contributed by atoms with Gasteiger partial charge in [-0.25, -0.2) is 0 Å². The quantitative estimate of drug-likeness (QED) is 0.703. The topological polar surface area (TPSA) is 24.9 Å². The number of rotatable bonds is 3. The Labute approximate surface area is 71.6 Å². The summed E-state index contributed by atoms with van der Waals surface area (Å²) in [5.41, 5.74) is 1.06. The van der Waals surface area contributed by atoms with Crippen molar-refractivity contribution in [2.45, 2.75) is 13.0 Å². The second-order valence-corrected chi connectivity index (χ2v) is 2.74. The molecule has 1 atom stereocenters. The summed E-state index contributed by atoms with van der Waals surface area (Å²) in [5.74, 6) is 0.613. The number of alkyl halides is 1. The average Bonchev–Trinajstić information content (AvgIpc) is 2.06. The van der Waals surface area contributed by atoms with Crippen molar-refractivity contribution in [2.75, 3.05) is 11.2 Å². The van der Waals surface area contributed by atoms with Crippen LogP contribution in [-0.2, 0) is 0 Å². The largest absolute Gasteiger partial charge is 0.381 e. The molecule has 0 saturated heterocycles. The fourth-order valence-electron chi connectivity index (χ4n) is 0.771. The zero-order valence-corrected chi connectivity index (χ0v) is 7.17. The first-order valence-electron chi connectivity index (χ1n) is 3.55. The number of hydrogen-bond acceptors (Lipinski definition) is 2. The molecule has 0 saturated carbocycles. The van der Waals surface area contributed by atoms with Gasteiger partial charge in [-0.15, -0.1) is 11.6 Å². The van der Waals surface area contributed by atoms with Crippen molar-refractivity contribution in [3.8, 4) is 0 Å². The first-order valence-corrected chi connectivity index (χ1v) is 4.09. The minimum atomic E-state index is 0.305. The number of pyridine rings is 1. The summed E-state index contributed by atoms with van der Waals surface area (Å²) in [6.45, 7) is 2.04. The minimum Gasteiger partial charge on any atom is -0.381 e. The molecular weight excluding hydrogens is 160 g/mol. The molecule has 60 valence electrons. The normalized spacial score (nSPS) is 12.5. The van der Waals surface area contributed by atoms with Crippen LogP contribution in [0.4, 0.5) is 5.69 Å². The molecule has 0 unspecified atom stereocenters. The van der Waals surface area contributed by atoms with E-state index in [2.05, 4.69) is 10.3 Å². The molecule has 3 heteroatoms. The van der Waals surface area contributed by atoms with E-state index in [1.165, 1.54) is 0 Å². The summed E-state index contributed by atoms with van der Waals surface area (Å²) in [6, 6.07) is 4.14. The molecule has 0 aliphatic rings. The Morgan fingerprint density at radius 2 is 2.18 bits per heavy atom. The third-order valence-electron chi connectivity index (χ3n) is 1.32. The Morgan fingerprint density at radius 1 is 1.55 bits per heavy atom. The van der Waals surface area contributed by atoms with Gasteiger partial charge in [-0.2, -0.15) is 0 Å². The Bertz CT molecular complexity index is 201. The molecule has 1 rings (SSSR count). The van der Waals surface area contributed by atoms with E-state index in [-0.39, 0.29) is 0 Å². The van der Waals surface area contributed by atoms with E-state index in [9.17, 15) is 0 Å². The van der Waals surface area contributed by atoms with Gasteiger partial charge in [0.2, 0.25) is 0 Å². The van der Waals surface area contributed by atoms with E-state index in [0.717, 1.165) is 5.69 Å². The number of anilines is 1. The van der Waals surface area contributed by atoms with Crippen molar-refractivity contribution in [1.82, 2.24) is 4.98 Å². The third-order valence-corrected chi connectivity index (χ3v) is 1.79. The number of aromatic nitrogens is 1. The Kier molecular flexibility index (Phi) is 3.17. The molecule has 0 radical (unpaired) electrons. The summed E-state index contributed by atoms with van der Waals surface area (Å²) in [5, 5.41) is 3.22. The fourth-order valence-corrected chi connectivity index (χ4v) is 0.848.